The average molecular weight is 320 g/mol. The number of carbonyl (C=O) groups is 1. The zero-order valence-corrected chi connectivity index (χ0v) is 11.8. The van der Waals surface area contributed by atoms with Gasteiger partial charge in [-0.25, -0.2) is 4.39 Å². The lowest BCUT2D eigenvalue weighted by molar-refractivity contribution is -0.125. The van der Waals surface area contributed by atoms with Gasteiger partial charge in [-0.2, -0.15) is 0 Å². The van der Waals surface area contributed by atoms with Crippen molar-refractivity contribution in [2.24, 2.45) is 16.3 Å². The Balaban J connectivity index is 2.29. The molecule has 0 spiro atoms. The number of anilines is 1. The Morgan fingerprint density at radius 2 is 1.95 bits per heavy atom. The standard InChI is InChI=1S/C12H12Cl2FN3O2/c13-7-4-6(15)5-8(14)9(7)17-11(19)12(2-1-3-12)10(16)18-20/h4-5,20H,1-3H2,(H2,16,18)(H,17,19). The second-order valence-electron chi connectivity index (χ2n) is 4.62. The van der Waals surface area contributed by atoms with Crippen molar-refractivity contribution in [3.8, 4) is 0 Å². The van der Waals surface area contributed by atoms with Crippen LogP contribution in [0, 0.1) is 11.2 Å². The van der Waals surface area contributed by atoms with Gasteiger partial charge in [-0.05, 0) is 25.0 Å². The van der Waals surface area contributed by atoms with Crippen molar-refractivity contribution in [1.82, 2.24) is 0 Å². The molecule has 2 rings (SSSR count). The third-order valence-electron chi connectivity index (χ3n) is 3.49. The molecule has 0 aliphatic heterocycles. The SMILES string of the molecule is NC(=NO)C1(C(=O)Nc2c(Cl)cc(F)cc2Cl)CCC1. The molecular formula is C12H12Cl2FN3O2. The van der Waals surface area contributed by atoms with Gasteiger partial charge in [-0.15, -0.1) is 0 Å². The molecule has 1 fully saturated rings. The van der Waals surface area contributed by atoms with Crippen LogP contribution in [0.5, 0.6) is 0 Å². The molecule has 108 valence electrons. The Morgan fingerprint density at radius 3 is 2.35 bits per heavy atom. The molecule has 1 amide bonds. The van der Waals surface area contributed by atoms with Crippen LogP contribution in [-0.4, -0.2) is 17.0 Å². The van der Waals surface area contributed by atoms with Gasteiger partial charge in [0.1, 0.15) is 11.2 Å². The van der Waals surface area contributed by atoms with E-state index in [-0.39, 0.29) is 21.6 Å². The second kappa shape index (κ2) is 5.46. The molecule has 8 heteroatoms. The summed E-state index contributed by atoms with van der Waals surface area (Å²) in [5.41, 5.74) is 4.63. The molecule has 0 radical (unpaired) electrons. The van der Waals surface area contributed by atoms with Crippen molar-refractivity contribution in [3.05, 3.63) is 28.0 Å². The lowest BCUT2D eigenvalue weighted by Gasteiger charge is -2.38. The molecule has 4 N–H and O–H groups in total. The van der Waals surface area contributed by atoms with Gasteiger partial charge in [0.25, 0.3) is 0 Å². The van der Waals surface area contributed by atoms with E-state index in [1.54, 1.807) is 0 Å². The van der Waals surface area contributed by atoms with E-state index in [1.807, 2.05) is 0 Å². The Bertz CT molecular complexity index is 565. The molecule has 0 unspecified atom stereocenters. The number of nitrogens with two attached hydrogens (primary N) is 1. The molecule has 0 atom stereocenters. The van der Waals surface area contributed by atoms with Crippen molar-refractivity contribution in [2.75, 3.05) is 5.32 Å². The van der Waals surface area contributed by atoms with Crippen molar-refractivity contribution in [3.63, 3.8) is 0 Å². The van der Waals surface area contributed by atoms with Crippen molar-refractivity contribution in [1.29, 1.82) is 0 Å². The molecule has 5 nitrogen and oxygen atoms in total. The van der Waals surface area contributed by atoms with Crippen LogP contribution in [0.25, 0.3) is 0 Å². The largest absolute Gasteiger partial charge is 0.409 e. The average Bonchev–Trinajstić information content (AvgIpc) is 2.32. The Morgan fingerprint density at radius 1 is 1.40 bits per heavy atom. The summed E-state index contributed by atoms with van der Waals surface area (Å²) in [6.45, 7) is 0. The number of benzene rings is 1. The van der Waals surface area contributed by atoms with Gasteiger partial charge < -0.3 is 16.3 Å². The highest BCUT2D eigenvalue weighted by Gasteiger charge is 2.48. The summed E-state index contributed by atoms with van der Waals surface area (Å²) in [6, 6.07) is 2.08. The monoisotopic (exact) mass is 319 g/mol. The smallest absolute Gasteiger partial charge is 0.238 e. The topological polar surface area (TPSA) is 87.7 Å². The van der Waals surface area contributed by atoms with E-state index in [2.05, 4.69) is 10.5 Å². The van der Waals surface area contributed by atoms with Gasteiger partial charge in [0.05, 0.1) is 15.7 Å². The number of amidine groups is 1. The molecule has 1 aliphatic rings. The van der Waals surface area contributed by atoms with Crippen LogP contribution in [-0.2, 0) is 4.79 Å². The molecule has 1 aliphatic carbocycles. The number of hydrogen-bond acceptors (Lipinski definition) is 3. The number of nitrogens with zero attached hydrogens (tertiary/aromatic N) is 1. The number of hydrogen-bond donors (Lipinski definition) is 3. The maximum Gasteiger partial charge on any atom is 0.238 e. The summed E-state index contributed by atoms with van der Waals surface area (Å²) in [7, 11) is 0. The van der Waals surface area contributed by atoms with E-state index >= 15 is 0 Å². The van der Waals surface area contributed by atoms with Gasteiger partial charge >= 0.3 is 0 Å². The number of nitrogens with one attached hydrogen (secondary N) is 1. The summed E-state index contributed by atoms with van der Waals surface area (Å²) in [5, 5.41) is 14.2. The van der Waals surface area contributed by atoms with Crippen LogP contribution >= 0.6 is 23.2 Å². The first-order valence-corrected chi connectivity index (χ1v) is 6.60. The quantitative estimate of drug-likeness (QED) is 0.346. The predicted molar refractivity (Wildman–Crippen MR) is 74.7 cm³/mol. The van der Waals surface area contributed by atoms with E-state index in [0.717, 1.165) is 18.6 Å². The number of carbonyl (C=O) groups excluding carboxylic acids is 1. The predicted octanol–water partition coefficient (Wildman–Crippen LogP) is 2.99. The first kappa shape index (κ1) is 14.9. The molecule has 1 aromatic carbocycles. The fraction of sp³-hybridized carbons (Fsp3) is 0.333. The summed E-state index contributed by atoms with van der Waals surface area (Å²) in [5.74, 6) is -1.24. The van der Waals surface area contributed by atoms with Crippen molar-refractivity contribution >= 4 is 40.6 Å². The summed E-state index contributed by atoms with van der Waals surface area (Å²) >= 11 is 11.7. The Hall–Kier alpha value is -1.53. The molecule has 0 aromatic heterocycles. The lowest BCUT2D eigenvalue weighted by Crippen LogP contribution is -2.51. The molecule has 0 bridgehead atoms. The highest BCUT2D eigenvalue weighted by atomic mass is 35.5. The molecule has 1 saturated carbocycles. The number of oxime groups is 1. The minimum atomic E-state index is -1.06. The van der Waals surface area contributed by atoms with Crippen LogP contribution in [0.15, 0.2) is 17.3 Å². The zero-order chi connectivity index (χ0) is 14.9. The van der Waals surface area contributed by atoms with Crippen molar-refractivity contribution in [2.45, 2.75) is 19.3 Å². The Kier molecular flexibility index (Phi) is 4.06. The number of rotatable bonds is 3. The molecule has 20 heavy (non-hydrogen) atoms. The first-order chi connectivity index (χ1) is 9.40. The van der Waals surface area contributed by atoms with Crippen LogP contribution in [0.4, 0.5) is 10.1 Å². The summed E-state index contributed by atoms with van der Waals surface area (Å²) in [6.07, 6.45) is 1.71. The fourth-order valence-electron chi connectivity index (χ4n) is 2.12. The van der Waals surface area contributed by atoms with Crippen molar-refractivity contribution < 1.29 is 14.4 Å². The van der Waals surface area contributed by atoms with Gasteiger partial charge in [0.2, 0.25) is 5.91 Å². The van der Waals surface area contributed by atoms with Gasteiger partial charge in [-0.1, -0.05) is 34.8 Å². The number of halogens is 3. The maximum absolute atomic E-state index is 13.1. The van der Waals surface area contributed by atoms with E-state index in [4.69, 9.17) is 34.1 Å². The third-order valence-corrected chi connectivity index (χ3v) is 4.08. The first-order valence-electron chi connectivity index (χ1n) is 5.85. The van der Waals surface area contributed by atoms with Crippen LogP contribution < -0.4 is 11.1 Å². The third kappa shape index (κ3) is 2.41. The Labute approximate surface area is 124 Å². The maximum atomic E-state index is 13.1. The molecular weight excluding hydrogens is 308 g/mol. The van der Waals surface area contributed by atoms with Gasteiger partial charge in [-0.3, -0.25) is 4.79 Å². The molecule has 0 saturated heterocycles. The lowest BCUT2D eigenvalue weighted by atomic mass is 9.67. The molecule has 1 aromatic rings. The fourth-order valence-corrected chi connectivity index (χ4v) is 2.68. The van der Waals surface area contributed by atoms with Crippen LogP contribution in [0.3, 0.4) is 0 Å². The minimum absolute atomic E-state index is 0.0164. The highest BCUT2D eigenvalue weighted by molar-refractivity contribution is 6.40. The molecule has 0 heterocycles. The van der Waals surface area contributed by atoms with E-state index in [0.29, 0.717) is 12.8 Å². The zero-order valence-electron chi connectivity index (χ0n) is 10.3. The van der Waals surface area contributed by atoms with E-state index in [9.17, 15) is 9.18 Å². The number of amides is 1. The summed E-state index contributed by atoms with van der Waals surface area (Å²) < 4.78 is 13.1. The van der Waals surface area contributed by atoms with Crippen LogP contribution in [0.1, 0.15) is 19.3 Å². The van der Waals surface area contributed by atoms with Gasteiger partial charge in [0, 0.05) is 0 Å². The minimum Gasteiger partial charge on any atom is -0.409 e. The highest BCUT2D eigenvalue weighted by Crippen LogP contribution is 2.43. The normalized spacial score (nSPS) is 17.4. The van der Waals surface area contributed by atoms with E-state index in [1.165, 1.54) is 0 Å². The second-order valence-corrected chi connectivity index (χ2v) is 5.43. The van der Waals surface area contributed by atoms with Gasteiger partial charge in [0.15, 0.2) is 5.84 Å². The van der Waals surface area contributed by atoms with E-state index < -0.39 is 17.1 Å². The van der Waals surface area contributed by atoms with Crippen LogP contribution in [0.2, 0.25) is 10.0 Å². The summed E-state index contributed by atoms with van der Waals surface area (Å²) in [4.78, 5) is 12.3.